The van der Waals surface area contributed by atoms with Crippen molar-refractivity contribution in [1.29, 1.82) is 0 Å². The summed E-state index contributed by atoms with van der Waals surface area (Å²) in [6, 6.07) is 6.57. The highest BCUT2D eigenvalue weighted by atomic mass is 127. The molecule has 1 nitrogen and oxygen atoms in total. The van der Waals surface area contributed by atoms with Crippen LogP contribution in [0.1, 0.15) is 23.4 Å². The Kier molecular flexibility index (Phi) is 4.66. The first kappa shape index (κ1) is 12.8. The lowest BCUT2D eigenvalue weighted by atomic mass is 10.1. The van der Waals surface area contributed by atoms with Crippen LogP contribution in [0.3, 0.4) is 0 Å². The molecule has 2 aromatic heterocycles. The van der Waals surface area contributed by atoms with Crippen molar-refractivity contribution in [3.8, 4) is 0 Å². The third-order valence-corrected chi connectivity index (χ3v) is 5.31. The largest absolute Gasteiger partial charge is 0.306 e. The van der Waals surface area contributed by atoms with E-state index in [1.54, 1.807) is 22.7 Å². The molecule has 2 rings (SSSR count). The zero-order valence-electron chi connectivity index (χ0n) is 8.67. The van der Waals surface area contributed by atoms with Gasteiger partial charge in [0.25, 0.3) is 0 Å². The Morgan fingerprint density at radius 3 is 2.81 bits per heavy atom. The lowest BCUT2D eigenvalue weighted by Gasteiger charge is -2.14. The molecule has 0 amide bonds. The van der Waals surface area contributed by atoms with Gasteiger partial charge in [-0.2, -0.15) is 0 Å². The monoisotopic (exact) mass is 383 g/mol. The molecule has 0 aromatic carbocycles. The van der Waals surface area contributed by atoms with Gasteiger partial charge in [0.05, 0.1) is 13.3 Å². The van der Waals surface area contributed by atoms with Crippen molar-refractivity contribution in [2.45, 2.75) is 13.0 Å². The van der Waals surface area contributed by atoms with Crippen molar-refractivity contribution >= 4 is 56.9 Å². The summed E-state index contributed by atoms with van der Waals surface area (Å²) in [6.45, 7) is 3.08. The van der Waals surface area contributed by atoms with E-state index in [0.29, 0.717) is 0 Å². The minimum Gasteiger partial charge on any atom is -0.306 e. The molecule has 0 aliphatic heterocycles. The maximum absolute atomic E-state index is 5.99. The van der Waals surface area contributed by atoms with Crippen molar-refractivity contribution in [3.05, 3.63) is 41.2 Å². The summed E-state index contributed by atoms with van der Waals surface area (Å²) in [5, 5.41) is 5.71. The highest BCUT2D eigenvalue weighted by Gasteiger charge is 2.16. The molecule has 0 spiro atoms. The van der Waals surface area contributed by atoms with E-state index in [4.69, 9.17) is 11.6 Å². The topological polar surface area (TPSA) is 12.0 Å². The fourth-order valence-corrected chi connectivity index (χ4v) is 4.11. The Bertz CT molecular complexity index is 426. The maximum atomic E-state index is 5.99. The average Bonchev–Trinajstić information content (AvgIpc) is 2.84. The molecule has 1 atom stereocenters. The van der Waals surface area contributed by atoms with Gasteiger partial charge in [-0.15, -0.1) is 22.7 Å². The van der Waals surface area contributed by atoms with E-state index in [0.717, 1.165) is 10.9 Å². The van der Waals surface area contributed by atoms with Gasteiger partial charge in [-0.1, -0.05) is 18.5 Å². The lowest BCUT2D eigenvalue weighted by molar-refractivity contribution is 0.641. The molecule has 0 saturated carbocycles. The summed E-state index contributed by atoms with van der Waals surface area (Å²) in [5.41, 5.74) is 1.33. The van der Waals surface area contributed by atoms with Gasteiger partial charge in [0.1, 0.15) is 0 Å². The van der Waals surface area contributed by atoms with E-state index in [1.807, 2.05) is 6.07 Å². The summed E-state index contributed by atoms with van der Waals surface area (Å²) in [7, 11) is 0. The van der Waals surface area contributed by atoms with E-state index >= 15 is 0 Å². The van der Waals surface area contributed by atoms with Crippen LogP contribution >= 0.6 is 56.9 Å². The van der Waals surface area contributed by atoms with Crippen LogP contribution in [0.25, 0.3) is 0 Å². The third kappa shape index (κ3) is 2.98. The van der Waals surface area contributed by atoms with Crippen molar-refractivity contribution in [1.82, 2.24) is 5.32 Å². The molecule has 0 aliphatic rings. The number of hydrogen-bond donors (Lipinski definition) is 1. The van der Waals surface area contributed by atoms with Crippen LogP contribution in [0.2, 0.25) is 4.34 Å². The van der Waals surface area contributed by atoms with Gasteiger partial charge in [-0.05, 0) is 58.3 Å². The molecular weight excluding hydrogens is 373 g/mol. The van der Waals surface area contributed by atoms with Crippen LogP contribution in [-0.2, 0) is 0 Å². The standard InChI is InChI=1S/C11H11ClINS2/c1-2-14-11(7-5-10(13)15-6-7)8-3-4-9(12)16-8/h3-6,11,14H,2H2,1H3. The molecule has 1 N–H and O–H groups in total. The van der Waals surface area contributed by atoms with Crippen molar-refractivity contribution in [2.75, 3.05) is 6.54 Å². The van der Waals surface area contributed by atoms with Crippen molar-refractivity contribution in [2.24, 2.45) is 0 Å². The molecule has 2 heterocycles. The van der Waals surface area contributed by atoms with Crippen LogP contribution in [0, 0.1) is 2.88 Å². The molecule has 16 heavy (non-hydrogen) atoms. The molecule has 0 aliphatic carbocycles. The van der Waals surface area contributed by atoms with Crippen molar-refractivity contribution in [3.63, 3.8) is 0 Å². The fourth-order valence-electron chi connectivity index (χ4n) is 1.55. The van der Waals surface area contributed by atoms with Gasteiger partial charge in [-0.25, -0.2) is 0 Å². The van der Waals surface area contributed by atoms with Crippen LogP contribution in [0.5, 0.6) is 0 Å². The zero-order valence-corrected chi connectivity index (χ0v) is 13.2. The smallest absolute Gasteiger partial charge is 0.0931 e. The van der Waals surface area contributed by atoms with E-state index in [1.165, 1.54) is 13.3 Å². The number of halogens is 2. The normalized spacial score (nSPS) is 12.9. The van der Waals surface area contributed by atoms with E-state index < -0.39 is 0 Å². The minimum atomic E-state index is 0.280. The number of rotatable bonds is 4. The van der Waals surface area contributed by atoms with Gasteiger partial charge in [-0.3, -0.25) is 0 Å². The highest BCUT2D eigenvalue weighted by molar-refractivity contribution is 14.1. The molecule has 0 saturated heterocycles. The second-order valence-electron chi connectivity index (χ2n) is 3.32. The molecule has 0 radical (unpaired) electrons. The second kappa shape index (κ2) is 5.82. The van der Waals surface area contributed by atoms with Gasteiger partial charge in [0, 0.05) is 4.88 Å². The van der Waals surface area contributed by atoms with Crippen LogP contribution in [-0.4, -0.2) is 6.54 Å². The van der Waals surface area contributed by atoms with Gasteiger partial charge in [0.15, 0.2) is 0 Å². The minimum absolute atomic E-state index is 0.280. The van der Waals surface area contributed by atoms with Crippen molar-refractivity contribution < 1.29 is 0 Å². The highest BCUT2D eigenvalue weighted by Crippen LogP contribution is 2.33. The number of thiophene rings is 2. The zero-order chi connectivity index (χ0) is 11.5. The van der Waals surface area contributed by atoms with Crippen LogP contribution in [0.4, 0.5) is 0 Å². The van der Waals surface area contributed by atoms with Gasteiger partial charge < -0.3 is 5.32 Å². The Morgan fingerprint density at radius 2 is 2.31 bits per heavy atom. The summed E-state index contributed by atoms with van der Waals surface area (Å²) in [4.78, 5) is 1.28. The Balaban J connectivity index is 2.30. The predicted octanol–water partition coefficient (Wildman–Crippen LogP) is 4.77. The Hall–Kier alpha value is 0.380. The molecule has 0 bridgehead atoms. The molecule has 5 heteroatoms. The first-order valence-electron chi connectivity index (χ1n) is 4.93. The summed E-state index contributed by atoms with van der Waals surface area (Å²) in [6.07, 6.45) is 0. The fraction of sp³-hybridized carbons (Fsp3) is 0.273. The van der Waals surface area contributed by atoms with E-state index in [-0.39, 0.29) is 6.04 Å². The third-order valence-electron chi connectivity index (χ3n) is 2.21. The van der Waals surface area contributed by atoms with E-state index in [9.17, 15) is 0 Å². The maximum Gasteiger partial charge on any atom is 0.0931 e. The molecule has 86 valence electrons. The second-order valence-corrected chi connectivity index (χ2v) is 7.87. The average molecular weight is 384 g/mol. The first-order valence-corrected chi connectivity index (χ1v) is 8.08. The van der Waals surface area contributed by atoms with Gasteiger partial charge in [0.2, 0.25) is 0 Å². The van der Waals surface area contributed by atoms with Crippen LogP contribution < -0.4 is 5.32 Å². The lowest BCUT2D eigenvalue weighted by Crippen LogP contribution is -2.20. The number of hydrogen-bond acceptors (Lipinski definition) is 3. The first-order chi connectivity index (χ1) is 7.70. The summed E-state index contributed by atoms with van der Waals surface area (Å²) in [5.74, 6) is 0. The molecule has 1 unspecified atom stereocenters. The molecular formula is C11H11ClINS2. The summed E-state index contributed by atoms with van der Waals surface area (Å²) >= 11 is 11.8. The molecule has 2 aromatic rings. The number of nitrogens with one attached hydrogen (secondary N) is 1. The molecule has 0 fully saturated rings. The Labute approximate surface area is 122 Å². The summed E-state index contributed by atoms with van der Waals surface area (Å²) < 4.78 is 2.17. The van der Waals surface area contributed by atoms with Crippen LogP contribution in [0.15, 0.2) is 23.6 Å². The Morgan fingerprint density at radius 1 is 1.50 bits per heavy atom. The van der Waals surface area contributed by atoms with Gasteiger partial charge >= 0.3 is 0 Å². The quantitative estimate of drug-likeness (QED) is 0.750. The van der Waals surface area contributed by atoms with E-state index in [2.05, 4.69) is 52.3 Å². The predicted molar refractivity (Wildman–Crippen MR) is 81.9 cm³/mol. The SMILES string of the molecule is CCNC(c1csc(I)c1)c1ccc(Cl)s1.